The normalized spacial score (nSPS) is 28.2. The number of aliphatic hydroxyl groups is 1. The van der Waals surface area contributed by atoms with E-state index in [1.165, 1.54) is 12.1 Å². The molecular formula is C37H48F2N4O5. The third-order valence-electron chi connectivity index (χ3n) is 9.84. The number of nitrogens with zero attached hydrogens (tertiary/aromatic N) is 2. The molecule has 2 saturated heterocycles. The molecule has 6 atom stereocenters. The summed E-state index contributed by atoms with van der Waals surface area (Å²) in [5.41, 5.74) is 3.18. The molecule has 3 heterocycles. The second kappa shape index (κ2) is 14.5. The second-order valence-electron chi connectivity index (χ2n) is 14.7. The second-order valence-corrected chi connectivity index (χ2v) is 14.7. The number of carbonyl (C=O) groups excluding carboxylic acids is 2. The molecule has 48 heavy (non-hydrogen) atoms. The van der Waals surface area contributed by atoms with Crippen molar-refractivity contribution in [2.24, 2.45) is 11.8 Å². The van der Waals surface area contributed by atoms with Crippen LogP contribution >= 0.6 is 0 Å². The molecule has 9 nitrogen and oxygen atoms in total. The number of benzene rings is 2. The van der Waals surface area contributed by atoms with E-state index in [1.54, 1.807) is 0 Å². The zero-order valence-corrected chi connectivity index (χ0v) is 28.1. The number of likely N-dealkylation sites (tertiary alicyclic amines) is 1. The van der Waals surface area contributed by atoms with Crippen LogP contribution in [0.2, 0.25) is 0 Å². The van der Waals surface area contributed by atoms with Crippen molar-refractivity contribution < 1.29 is 33.0 Å². The fourth-order valence-electron chi connectivity index (χ4n) is 7.54. The number of β-amino-alcohol motifs (C(OH)–C–C–N with tert-alkyl or cyclic N) is 1. The summed E-state index contributed by atoms with van der Waals surface area (Å²) in [5.74, 6) is -0.864. The summed E-state index contributed by atoms with van der Waals surface area (Å²) in [6, 6.07) is 8.95. The van der Waals surface area contributed by atoms with E-state index < -0.39 is 29.4 Å². The van der Waals surface area contributed by atoms with Gasteiger partial charge in [-0.15, -0.1) is 0 Å². The minimum Gasteiger partial charge on any atom is -0.444 e. The van der Waals surface area contributed by atoms with Crippen LogP contribution in [0.15, 0.2) is 48.6 Å². The van der Waals surface area contributed by atoms with Gasteiger partial charge < -0.3 is 35.0 Å². The maximum Gasteiger partial charge on any atom is 0.410 e. The van der Waals surface area contributed by atoms with Crippen molar-refractivity contribution in [2.45, 2.75) is 82.8 Å². The summed E-state index contributed by atoms with van der Waals surface area (Å²) in [7, 11) is 0. The van der Waals surface area contributed by atoms with Crippen molar-refractivity contribution >= 4 is 17.7 Å². The average Bonchev–Trinajstić information content (AvgIpc) is 3.69. The van der Waals surface area contributed by atoms with Gasteiger partial charge in [0.1, 0.15) is 17.2 Å². The summed E-state index contributed by atoms with van der Waals surface area (Å²) in [4.78, 5) is 29.7. The third-order valence-corrected chi connectivity index (χ3v) is 9.84. The number of rotatable bonds is 3. The quantitative estimate of drug-likeness (QED) is 0.388. The number of anilines is 1. The lowest BCUT2D eigenvalue weighted by Crippen LogP contribution is -2.49. The summed E-state index contributed by atoms with van der Waals surface area (Å²) >= 11 is 0. The van der Waals surface area contributed by atoms with Gasteiger partial charge in [0, 0.05) is 68.8 Å². The van der Waals surface area contributed by atoms with Crippen LogP contribution in [0.5, 0.6) is 0 Å². The minimum absolute atomic E-state index is 0.0863. The number of amides is 2. The maximum absolute atomic E-state index is 14.0. The Bertz CT molecular complexity index is 1480. The molecule has 4 aliphatic rings. The van der Waals surface area contributed by atoms with Crippen LogP contribution in [0.3, 0.4) is 0 Å². The highest BCUT2D eigenvalue weighted by Crippen LogP contribution is 2.44. The predicted molar refractivity (Wildman–Crippen MR) is 178 cm³/mol. The Hall–Kier alpha value is -3.54. The van der Waals surface area contributed by atoms with Crippen molar-refractivity contribution in [3.8, 4) is 0 Å². The van der Waals surface area contributed by atoms with Crippen LogP contribution in [-0.2, 0) is 20.7 Å². The van der Waals surface area contributed by atoms with E-state index in [1.807, 2.05) is 37.8 Å². The van der Waals surface area contributed by atoms with Crippen LogP contribution < -0.4 is 15.5 Å². The van der Waals surface area contributed by atoms with E-state index in [9.17, 15) is 23.5 Å². The Morgan fingerprint density at radius 1 is 1.02 bits per heavy atom. The van der Waals surface area contributed by atoms with Gasteiger partial charge in [-0.05, 0) is 87.4 Å². The molecule has 2 aromatic rings. The third kappa shape index (κ3) is 8.36. The lowest BCUT2D eigenvalue weighted by molar-refractivity contribution is -0.122. The van der Waals surface area contributed by atoms with E-state index >= 15 is 0 Å². The number of allylic oxidation sites excluding steroid dienone is 1. The molecule has 11 heteroatoms. The fourth-order valence-corrected chi connectivity index (χ4v) is 7.54. The summed E-state index contributed by atoms with van der Waals surface area (Å²) in [6.07, 6.45) is 5.02. The number of fused-ring (bicyclic) bond motifs is 6. The molecule has 6 rings (SSSR count). The van der Waals surface area contributed by atoms with Gasteiger partial charge in [0.05, 0.1) is 24.9 Å². The Morgan fingerprint density at radius 3 is 2.46 bits per heavy atom. The van der Waals surface area contributed by atoms with Crippen molar-refractivity contribution in [1.29, 1.82) is 0 Å². The number of hydrogen-bond donors (Lipinski definition) is 3. The largest absolute Gasteiger partial charge is 0.444 e. The Kier molecular flexibility index (Phi) is 10.4. The van der Waals surface area contributed by atoms with Gasteiger partial charge >= 0.3 is 6.09 Å². The first kappa shape index (κ1) is 34.3. The lowest BCUT2D eigenvalue weighted by atomic mass is 9.99. The average molecular weight is 667 g/mol. The molecule has 0 spiro atoms. The first-order valence-electron chi connectivity index (χ1n) is 17.2. The molecule has 3 N–H and O–H groups in total. The number of ether oxygens (including phenoxy) is 2. The zero-order valence-electron chi connectivity index (χ0n) is 28.1. The van der Waals surface area contributed by atoms with Gasteiger partial charge in [0.2, 0.25) is 5.91 Å². The van der Waals surface area contributed by atoms with E-state index in [-0.39, 0.29) is 43.5 Å². The van der Waals surface area contributed by atoms with E-state index in [0.29, 0.717) is 56.4 Å². The van der Waals surface area contributed by atoms with Crippen LogP contribution in [-0.4, -0.2) is 79.1 Å². The van der Waals surface area contributed by atoms with Crippen molar-refractivity contribution in [2.75, 3.05) is 44.2 Å². The summed E-state index contributed by atoms with van der Waals surface area (Å²) < 4.78 is 39.9. The molecule has 0 aromatic heterocycles. The first-order chi connectivity index (χ1) is 22.9. The molecule has 2 fully saturated rings. The maximum atomic E-state index is 14.0. The zero-order chi connectivity index (χ0) is 34.0. The van der Waals surface area contributed by atoms with Gasteiger partial charge in [-0.2, -0.15) is 0 Å². The number of halogens is 2. The van der Waals surface area contributed by atoms with Gasteiger partial charge in [-0.1, -0.05) is 18.2 Å². The molecule has 2 bridgehead atoms. The molecule has 0 radical (unpaired) electrons. The number of aliphatic hydroxyl groups excluding tert-OH is 1. The molecule has 2 amide bonds. The van der Waals surface area contributed by atoms with Crippen molar-refractivity contribution in [3.05, 3.63) is 76.9 Å². The molecular weight excluding hydrogens is 618 g/mol. The van der Waals surface area contributed by atoms with Crippen molar-refractivity contribution in [1.82, 2.24) is 15.5 Å². The van der Waals surface area contributed by atoms with Crippen LogP contribution in [0.25, 0.3) is 0 Å². The monoisotopic (exact) mass is 666 g/mol. The lowest BCUT2D eigenvalue weighted by Gasteiger charge is -2.27. The molecule has 0 saturated carbocycles. The van der Waals surface area contributed by atoms with E-state index in [4.69, 9.17) is 9.47 Å². The molecule has 2 unspecified atom stereocenters. The Labute approximate surface area is 281 Å². The number of hydrogen-bond acceptors (Lipinski definition) is 7. The standard InChI is InChI=1S/C37H48F2N4O5/c1-37(2,3)48-36(46)43-21-24-19-42(20-25(24)22-43)28-9-10-29-30(16-28)31-17-34(29)47-11-7-5-4-6-8-35(45)41-32(33(44)18-40-31)14-23-12-26(38)15-27(39)13-23/h5,7,9-10,12-13,15-16,24-25,31-34,40,44H,4,6,8,11,14,17-22H2,1-3H3,(H,41,45)/t24?,25?,31-,32-,33+,34+/m0/s1. The summed E-state index contributed by atoms with van der Waals surface area (Å²) in [5, 5.41) is 17.8. The van der Waals surface area contributed by atoms with Crippen LogP contribution in [0.1, 0.15) is 75.3 Å². The Balaban J connectivity index is 1.17. The minimum atomic E-state index is -1.01. The highest BCUT2D eigenvalue weighted by atomic mass is 19.1. The van der Waals surface area contributed by atoms with Crippen LogP contribution in [0, 0.1) is 23.5 Å². The van der Waals surface area contributed by atoms with E-state index in [2.05, 4.69) is 33.7 Å². The van der Waals surface area contributed by atoms with Gasteiger partial charge in [-0.3, -0.25) is 4.79 Å². The van der Waals surface area contributed by atoms with Gasteiger partial charge in [0.15, 0.2) is 0 Å². The van der Waals surface area contributed by atoms with Crippen LogP contribution in [0.4, 0.5) is 19.3 Å². The molecule has 1 aliphatic carbocycles. The van der Waals surface area contributed by atoms with Gasteiger partial charge in [-0.25, -0.2) is 13.6 Å². The predicted octanol–water partition coefficient (Wildman–Crippen LogP) is 5.19. The van der Waals surface area contributed by atoms with Crippen molar-refractivity contribution in [3.63, 3.8) is 0 Å². The summed E-state index contributed by atoms with van der Waals surface area (Å²) in [6.45, 7) is 9.36. The molecule has 2 aromatic carbocycles. The SMILES string of the molecule is CC(C)(C)OC(=O)N1CC2CN(c3ccc4c(c3)[C@@H]3C[C@H]4OCC=CCCCC(=O)N[C@@H](Cc4cc(F)cc(F)c4)[C@H](O)CN3)CC2C1. The highest BCUT2D eigenvalue weighted by Gasteiger charge is 2.43. The Morgan fingerprint density at radius 2 is 1.75 bits per heavy atom. The highest BCUT2D eigenvalue weighted by molar-refractivity contribution is 5.76. The number of carbonyl (C=O) groups is 2. The van der Waals surface area contributed by atoms with Gasteiger partial charge in [0.25, 0.3) is 0 Å². The van der Waals surface area contributed by atoms with E-state index in [0.717, 1.165) is 36.0 Å². The number of nitrogens with one attached hydrogen (secondary N) is 2. The first-order valence-corrected chi connectivity index (χ1v) is 17.2. The smallest absolute Gasteiger partial charge is 0.410 e. The molecule has 3 aliphatic heterocycles. The topological polar surface area (TPSA) is 103 Å². The fraction of sp³-hybridized carbons (Fsp3) is 0.568. The molecule has 260 valence electrons.